The summed E-state index contributed by atoms with van der Waals surface area (Å²) in [5, 5.41) is 0. The zero-order valence-corrected chi connectivity index (χ0v) is 50.5. The van der Waals surface area contributed by atoms with Crippen LogP contribution in [0.25, 0.3) is 0 Å². The van der Waals surface area contributed by atoms with Crippen molar-refractivity contribution in [1.29, 1.82) is 0 Å². The molecule has 0 aliphatic carbocycles. The van der Waals surface area contributed by atoms with Crippen LogP contribution in [-0.4, -0.2) is 74.9 Å². The van der Waals surface area contributed by atoms with Crippen molar-refractivity contribution in [3.8, 4) is 0 Å². The number of carbonyl (C=O) groups is 2. The number of hydrogen-bond donors (Lipinski definition) is 1. The van der Waals surface area contributed by atoms with Gasteiger partial charge < -0.3 is 18.9 Å². The maximum Gasteiger partial charge on any atom is 0.472 e. The zero-order chi connectivity index (χ0) is 56.3. The van der Waals surface area contributed by atoms with Gasteiger partial charge in [-0.1, -0.05) is 231 Å². The van der Waals surface area contributed by atoms with Gasteiger partial charge in [0.15, 0.2) is 6.10 Å². The summed E-state index contributed by atoms with van der Waals surface area (Å²) in [5.41, 5.74) is 0. The molecule has 0 bridgehead atoms. The lowest BCUT2D eigenvalue weighted by Crippen LogP contribution is -2.37. The van der Waals surface area contributed by atoms with Crippen LogP contribution in [0.2, 0.25) is 0 Å². The molecule has 438 valence electrons. The molecule has 0 saturated heterocycles. The molecule has 1 N–H and O–H groups in total. The first kappa shape index (κ1) is 73.2. The van der Waals surface area contributed by atoms with E-state index in [1.807, 2.05) is 21.1 Å². The van der Waals surface area contributed by atoms with E-state index in [0.29, 0.717) is 17.4 Å². The summed E-state index contributed by atoms with van der Waals surface area (Å²) >= 11 is 0. The average Bonchev–Trinajstić information content (AvgIpc) is 3.39. The van der Waals surface area contributed by atoms with Crippen LogP contribution >= 0.6 is 7.82 Å². The summed E-state index contributed by atoms with van der Waals surface area (Å²) in [6.07, 6.45) is 82.4. The minimum absolute atomic E-state index is 0.0188. The molecule has 2 atom stereocenters. The quantitative estimate of drug-likeness (QED) is 0.0211. The Morgan fingerprint density at radius 3 is 1.12 bits per heavy atom. The van der Waals surface area contributed by atoms with Crippen LogP contribution in [0.3, 0.4) is 0 Å². The van der Waals surface area contributed by atoms with Crippen molar-refractivity contribution in [2.75, 3.05) is 47.5 Å². The van der Waals surface area contributed by atoms with Crippen LogP contribution in [-0.2, 0) is 32.7 Å². The van der Waals surface area contributed by atoms with E-state index < -0.39 is 26.5 Å². The number of phosphoric acid groups is 1. The molecule has 0 aliphatic heterocycles. The van der Waals surface area contributed by atoms with E-state index >= 15 is 0 Å². The van der Waals surface area contributed by atoms with Crippen LogP contribution in [0.15, 0.2) is 134 Å². The molecule has 0 fully saturated rings. The molecule has 0 aliphatic rings. The van der Waals surface area contributed by atoms with Crippen molar-refractivity contribution in [2.24, 2.45) is 0 Å². The van der Waals surface area contributed by atoms with Gasteiger partial charge in [0.1, 0.15) is 19.8 Å². The van der Waals surface area contributed by atoms with Gasteiger partial charge >= 0.3 is 19.8 Å². The average molecular weight is 1090 g/mol. The SMILES string of the molecule is CC/C=C\C/C=C\C/C=C\C/C=C\C/C=C\C/C=C\C/C=C\C/C=C\C/C=C\C/C=C\CCCCCCC(=O)OC(COC(=O)CCCCCCCCC/C=C\CCCCCCCCC)COP(=O)(O)OCC[N+](C)(C)C. The topological polar surface area (TPSA) is 108 Å². The molecule has 0 rings (SSSR count). The smallest absolute Gasteiger partial charge is 0.462 e. The minimum atomic E-state index is -4.40. The van der Waals surface area contributed by atoms with E-state index in [2.05, 4.69) is 148 Å². The zero-order valence-electron chi connectivity index (χ0n) is 49.6. The molecule has 0 heterocycles. The molecule has 9 nitrogen and oxygen atoms in total. The predicted octanol–water partition coefficient (Wildman–Crippen LogP) is 19.3. The van der Waals surface area contributed by atoms with Gasteiger partial charge in [-0.3, -0.25) is 18.6 Å². The summed E-state index contributed by atoms with van der Waals surface area (Å²) in [7, 11) is 1.44. The second-order valence-corrected chi connectivity index (χ2v) is 22.5. The summed E-state index contributed by atoms with van der Waals surface area (Å²) in [6.45, 7) is 4.27. The fraction of sp³-hybridized carbons (Fsp3) is 0.642. The number of unbranched alkanes of at least 4 members (excludes halogenated alkanes) is 18. The van der Waals surface area contributed by atoms with E-state index in [4.69, 9.17) is 18.5 Å². The number of rotatable bonds is 54. The van der Waals surface area contributed by atoms with Crippen molar-refractivity contribution in [1.82, 2.24) is 0 Å². The second kappa shape index (κ2) is 56.9. The van der Waals surface area contributed by atoms with Gasteiger partial charge in [-0.15, -0.1) is 0 Å². The number of nitrogens with zero attached hydrogens (tertiary/aromatic N) is 1. The molecule has 0 saturated carbocycles. The number of phosphoric ester groups is 1. The molecule has 2 unspecified atom stereocenters. The Hall–Kier alpha value is -3.85. The van der Waals surface area contributed by atoms with Crippen LogP contribution in [0.4, 0.5) is 0 Å². The summed E-state index contributed by atoms with van der Waals surface area (Å²) in [4.78, 5) is 35.7. The highest BCUT2D eigenvalue weighted by Gasteiger charge is 2.27. The molecular weight excluding hydrogens is 978 g/mol. The minimum Gasteiger partial charge on any atom is -0.462 e. The maximum atomic E-state index is 12.8. The van der Waals surface area contributed by atoms with Gasteiger partial charge in [-0.05, 0) is 116 Å². The lowest BCUT2D eigenvalue weighted by atomic mass is 10.1. The number of carbonyl (C=O) groups excluding carboxylic acids is 2. The Kier molecular flexibility index (Phi) is 54.0. The summed E-state index contributed by atoms with van der Waals surface area (Å²) in [5.74, 6) is -0.839. The van der Waals surface area contributed by atoms with Gasteiger partial charge in [-0.25, -0.2) is 4.57 Å². The third kappa shape index (κ3) is 61.2. The standard InChI is InChI=1S/C67H112NO8P/c1-6-8-10-12-14-16-18-20-22-24-26-27-28-29-30-31-32-33-34-35-36-37-38-39-40-41-42-44-46-48-50-52-54-56-58-60-67(70)76-65(64-75-77(71,72)74-62-61-68(3,4)5)63-73-66(69)59-57-55-53-51-49-47-45-43-25-23-21-19-17-15-13-11-9-7-2/h8,10,14,16,20,22-23,25-27,29-30,32-33,35-36,38-39,41-42,46,48,65H,6-7,9,11-13,15,17-19,21,24,28,31,34,37,40,43-45,47,49-64H2,1-5H3/p+1/b10-8-,16-14-,22-20-,25-23-,27-26-,30-29-,33-32-,36-35-,39-38-,42-41-,48-46-. The molecule has 77 heavy (non-hydrogen) atoms. The Morgan fingerprint density at radius 2 is 0.740 bits per heavy atom. The molecular formula is C67H113NO8P+. The summed E-state index contributed by atoms with van der Waals surface area (Å²) < 4.78 is 34.5. The first-order valence-electron chi connectivity index (χ1n) is 30.4. The van der Waals surface area contributed by atoms with Crippen molar-refractivity contribution in [2.45, 2.75) is 232 Å². The normalized spacial score (nSPS) is 14.2. The lowest BCUT2D eigenvalue weighted by Gasteiger charge is -2.24. The van der Waals surface area contributed by atoms with Gasteiger partial charge in [0.05, 0.1) is 27.7 Å². The third-order valence-corrected chi connectivity index (χ3v) is 13.4. The van der Waals surface area contributed by atoms with Gasteiger partial charge in [0, 0.05) is 12.8 Å². The Bertz CT molecular complexity index is 1760. The predicted molar refractivity (Wildman–Crippen MR) is 330 cm³/mol. The molecule has 0 radical (unpaired) electrons. The van der Waals surface area contributed by atoms with Crippen molar-refractivity contribution in [3.63, 3.8) is 0 Å². The first-order valence-corrected chi connectivity index (χ1v) is 31.9. The third-order valence-electron chi connectivity index (χ3n) is 12.4. The number of quaternary nitrogens is 1. The van der Waals surface area contributed by atoms with Crippen LogP contribution in [0, 0.1) is 0 Å². The molecule has 0 aromatic rings. The number of likely N-dealkylation sites (N-methyl/N-ethyl adjacent to an activating group) is 1. The Labute approximate surface area is 472 Å². The van der Waals surface area contributed by atoms with E-state index in [-0.39, 0.29) is 32.0 Å². The fourth-order valence-corrected chi connectivity index (χ4v) is 8.48. The lowest BCUT2D eigenvalue weighted by molar-refractivity contribution is -0.870. The molecule has 0 aromatic carbocycles. The number of ether oxygens (including phenoxy) is 2. The Balaban J connectivity index is 4.25. The molecule has 10 heteroatoms. The summed E-state index contributed by atoms with van der Waals surface area (Å²) in [6, 6.07) is 0. The van der Waals surface area contributed by atoms with Gasteiger partial charge in [-0.2, -0.15) is 0 Å². The van der Waals surface area contributed by atoms with E-state index in [1.165, 1.54) is 70.6 Å². The van der Waals surface area contributed by atoms with Gasteiger partial charge in [0.2, 0.25) is 0 Å². The van der Waals surface area contributed by atoms with Crippen LogP contribution < -0.4 is 0 Å². The van der Waals surface area contributed by atoms with E-state index in [9.17, 15) is 19.0 Å². The number of esters is 2. The Morgan fingerprint density at radius 1 is 0.416 bits per heavy atom. The van der Waals surface area contributed by atoms with Crippen molar-refractivity contribution in [3.05, 3.63) is 134 Å². The highest BCUT2D eigenvalue weighted by atomic mass is 31.2. The second-order valence-electron chi connectivity index (χ2n) is 21.0. The monoisotopic (exact) mass is 1090 g/mol. The highest BCUT2D eigenvalue weighted by molar-refractivity contribution is 7.47. The maximum absolute atomic E-state index is 12.8. The van der Waals surface area contributed by atoms with E-state index in [1.54, 1.807) is 0 Å². The van der Waals surface area contributed by atoms with Crippen LogP contribution in [0.5, 0.6) is 0 Å². The van der Waals surface area contributed by atoms with Crippen LogP contribution in [0.1, 0.15) is 226 Å². The fourth-order valence-electron chi connectivity index (χ4n) is 7.74. The van der Waals surface area contributed by atoms with E-state index in [0.717, 1.165) is 122 Å². The molecule has 0 spiro atoms. The largest absolute Gasteiger partial charge is 0.472 e. The first-order chi connectivity index (χ1) is 37.5. The van der Waals surface area contributed by atoms with Gasteiger partial charge in [0.25, 0.3) is 0 Å². The number of hydrogen-bond acceptors (Lipinski definition) is 7. The highest BCUT2D eigenvalue weighted by Crippen LogP contribution is 2.43. The van der Waals surface area contributed by atoms with Crippen molar-refractivity contribution < 1.29 is 42.1 Å². The number of allylic oxidation sites excluding steroid dienone is 22. The molecule has 0 amide bonds. The van der Waals surface area contributed by atoms with Crippen molar-refractivity contribution >= 4 is 19.8 Å². The molecule has 0 aromatic heterocycles.